The molecule has 3 N–H and O–H groups in total. The standard InChI is InChI=1S/C20H22N2O2S/c1-14(2)16-10-7-15(8-11-16)9-12-20(24)22-17-5-3-4-6-18(17)25-13-19(21)23/h3-12,14H,13H2,1-2H3,(H2,21,23)(H,22,24)/b12-9+. The number of rotatable bonds is 7. The molecule has 130 valence electrons. The summed E-state index contributed by atoms with van der Waals surface area (Å²) in [5.41, 5.74) is 8.07. The van der Waals surface area contributed by atoms with E-state index in [1.54, 1.807) is 12.1 Å². The first kappa shape index (κ1) is 18.8. The number of nitrogens with one attached hydrogen (secondary N) is 1. The van der Waals surface area contributed by atoms with Crippen molar-refractivity contribution in [2.45, 2.75) is 24.7 Å². The fourth-order valence-electron chi connectivity index (χ4n) is 2.18. The van der Waals surface area contributed by atoms with Crippen LogP contribution < -0.4 is 11.1 Å². The number of carbonyl (C=O) groups excluding carboxylic acids is 2. The fourth-order valence-corrected chi connectivity index (χ4v) is 2.93. The monoisotopic (exact) mass is 354 g/mol. The molecule has 2 amide bonds. The maximum Gasteiger partial charge on any atom is 0.248 e. The SMILES string of the molecule is CC(C)c1ccc(/C=C/C(=O)Nc2ccccc2SCC(N)=O)cc1. The van der Waals surface area contributed by atoms with Gasteiger partial charge in [0.05, 0.1) is 11.4 Å². The summed E-state index contributed by atoms with van der Waals surface area (Å²) < 4.78 is 0. The molecule has 0 spiro atoms. The molecule has 0 aliphatic rings. The molecule has 0 saturated heterocycles. The van der Waals surface area contributed by atoms with Gasteiger partial charge in [0, 0.05) is 11.0 Å². The van der Waals surface area contributed by atoms with Gasteiger partial charge in [-0.1, -0.05) is 50.2 Å². The second-order valence-electron chi connectivity index (χ2n) is 5.90. The van der Waals surface area contributed by atoms with Gasteiger partial charge < -0.3 is 11.1 Å². The number of amides is 2. The summed E-state index contributed by atoms with van der Waals surface area (Å²) in [6, 6.07) is 15.5. The molecule has 2 aromatic carbocycles. The first-order valence-corrected chi connectivity index (χ1v) is 9.03. The lowest BCUT2D eigenvalue weighted by molar-refractivity contribution is -0.115. The van der Waals surface area contributed by atoms with E-state index in [4.69, 9.17) is 5.73 Å². The van der Waals surface area contributed by atoms with E-state index >= 15 is 0 Å². The number of nitrogens with two attached hydrogens (primary N) is 1. The van der Waals surface area contributed by atoms with Gasteiger partial charge in [-0.25, -0.2) is 0 Å². The molecule has 25 heavy (non-hydrogen) atoms. The van der Waals surface area contributed by atoms with Crippen molar-refractivity contribution in [1.29, 1.82) is 0 Å². The van der Waals surface area contributed by atoms with Crippen LogP contribution in [0.3, 0.4) is 0 Å². The van der Waals surface area contributed by atoms with Crippen molar-refractivity contribution in [1.82, 2.24) is 0 Å². The third-order valence-corrected chi connectivity index (χ3v) is 4.64. The zero-order valence-corrected chi connectivity index (χ0v) is 15.2. The Bertz CT molecular complexity index is 768. The Hall–Kier alpha value is -2.53. The Morgan fingerprint density at radius 1 is 1.12 bits per heavy atom. The van der Waals surface area contributed by atoms with Crippen LogP contribution in [0.25, 0.3) is 6.08 Å². The van der Waals surface area contributed by atoms with Crippen LogP contribution in [-0.4, -0.2) is 17.6 Å². The molecule has 0 aliphatic carbocycles. The summed E-state index contributed by atoms with van der Waals surface area (Å²) in [4.78, 5) is 23.9. The molecule has 0 heterocycles. The van der Waals surface area contributed by atoms with Crippen molar-refractivity contribution in [3.05, 3.63) is 65.7 Å². The second kappa shape index (κ2) is 9.08. The molecule has 0 fully saturated rings. The maximum atomic E-state index is 12.2. The molecule has 0 aromatic heterocycles. The van der Waals surface area contributed by atoms with Crippen LogP contribution in [-0.2, 0) is 9.59 Å². The maximum absolute atomic E-state index is 12.2. The Balaban J connectivity index is 2.01. The zero-order valence-electron chi connectivity index (χ0n) is 14.4. The van der Waals surface area contributed by atoms with E-state index in [1.807, 2.05) is 30.3 Å². The van der Waals surface area contributed by atoms with Gasteiger partial charge in [0.15, 0.2) is 0 Å². The van der Waals surface area contributed by atoms with Crippen LogP contribution in [0, 0.1) is 0 Å². The summed E-state index contributed by atoms with van der Waals surface area (Å²) in [6.07, 6.45) is 3.28. The minimum Gasteiger partial charge on any atom is -0.369 e. The number of benzene rings is 2. The Morgan fingerprint density at radius 2 is 1.80 bits per heavy atom. The zero-order chi connectivity index (χ0) is 18.2. The number of hydrogen-bond donors (Lipinski definition) is 2. The molecule has 0 atom stereocenters. The van der Waals surface area contributed by atoms with Crippen LogP contribution in [0.2, 0.25) is 0 Å². The molecule has 2 aromatic rings. The lowest BCUT2D eigenvalue weighted by Gasteiger charge is -2.08. The molecular weight excluding hydrogens is 332 g/mol. The second-order valence-corrected chi connectivity index (χ2v) is 6.91. The first-order valence-electron chi connectivity index (χ1n) is 8.05. The van der Waals surface area contributed by atoms with Crippen molar-refractivity contribution >= 4 is 35.3 Å². The largest absolute Gasteiger partial charge is 0.369 e. The van der Waals surface area contributed by atoms with Crippen LogP contribution in [0.4, 0.5) is 5.69 Å². The third kappa shape index (κ3) is 6.12. The number of para-hydroxylation sites is 1. The van der Waals surface area contributed by atoms with E-state index in [1.165, 1.54) is 23.4 Å². The summed E-state index contributed by atoms with van der Waals surface area (Å²) in [6.45, 7) is 4.29. The van der Waals surface area contributed by atoms with E-state index < -0.39 is 5.91 Å². The van der Waals surface area contributed by atoms with Crippen molar-refractivity contribution < 1.29 is 9.59 Å². The molecule has 0 radical (unpaired) electrons. The van der Waals surface area contributed by atoms with E-state index in [0.717, 1.165) is 10.5 Å². The molecule has 0 aliphatic heterocycles. The Kier molecular flexibility index (Phi) is 6.83. The van der Waals surface area contributed by atoms with E-state index in [2.05, 4.69) is 31.3 Å². The molecule has 4 nitrogen and oxygen atoms in total. The average Bonchev–Trinajstić information content (AvgIpc) is 2.59. The van der Waals surface area contributed by atoms with Crippen LogP contribution in [0.15, 0.2) is 59.5 Å². The summed E-state index contributed by atoms with van der Waals surface area (Å²) in [5, 5.41) is 2.84. The number of thioether (sulfide) groups is 1. The molecular formula is C20H22N2O2S. The Morgan fingerprint density at radius 3 is 2.44 bits per heavy atom. The number of primary amides is 1. The average molecular weight is 354 g/mol. The van der Waals surface area contributed by atoms with Gasteiger partial charge in [-0.3, -0.25) is 9.59 Å². The highest BCUT2D eigenvalue weighted by Crippen LogP contribution is 2.26. The fraction of sp³-hybridized carbons (Fsp3) is 0.200. The predicted molar refractivity (Wildman–Crippen MR) is 105 cm³/mol. The smallest absolute Gasteiger partial charge is 0.248 e. The van der Waals surface area contributed by atoms with E-state index in [9.17, 15) is 9.59 Å². The number of carbonyl (C=O) groups is 2. The van der Waals surface area contributed by atoms with Crippen molar-refractivity contribution in [3.8, 4) is 0 Å². The van der Waals surface area contributed by atoms with Crippen molar-refractivity contribution in [3.63, 3.8) is 0 Å². The first-order chi connectivity index (χ1) is 12.0. The van der Waals surface area contributed by atoms with Crippen LogP contribution in [0.1, 0.15) is 30.9 Å². The molecule has 2 rings (SSSR count). The van der Waals surface area contributed by atoms with Gasteiger partial charge in [-0.2, -0.15) is 0 Å². The van der Waals surface area contributed by atoms with Gasteiger partial charge in [-0.05, 0) is 35.3 Å². The molecule has 5 heteroatoms. The van der Waals surface area contributed by atoms with Gasteiger partial charge >= 0.3 is 0 Å². The van der Waals surface area contributed by atoms with Gasteiger partial charge in [0.1, 0.15) is 0 Å². The van der Waals surface area contributed by atoms with Crippen LogP contribution in [0.5, 0.6) is 0 Å². The normalized spacial score (nSPS) is 11.0. The van der Waals surface area contributed by atoms with Gasteiger partial charge in [0.2, 0.25) is 11.8 Å². The lowest BCUT2D eigenvalue weighted by Crippen LogP contribution is -2.13. The van der Waals surface area contributed by atoms with Gasteiger partial charge in [0.25, 0.3) is 0 Å². The van der Waals surface area contributed by atoms with Gasteiger partial charge in [-0.15, -0.1) is 11.8 Å². The molecule has 0 saturated carbocycles. The summed E-state index contributed by atoms with van der Waals surface area (Å²) in [7, 11) is 0. The van der Waals surface area contributed by atoms with Crippen molar-refractivity contribution in [2.75, 3.05) is 11.1 Å². The quantitative estimate of drug-likeness (QED) is 0.582. The highest BCUT2D eigenvalue weighted by Gasteiger charge is 2.06. The minimum atomic E-state index is -0.393. The summed E-state index contributed by atoms with van der Waals surface area (Å²) in [5.74, 6) is 0.0388. The summed E-state index contributed by atoms with van der Waals surface area (Å²) >= 11 is 1.30. The topological polar surface area (TPSA) is 72.2 Å². The molecule has 0 bridgehead atoms. The minimum absolute atomic E-state index is 0.172. The van der Waals surface area contributed by atoms with E-state index in [-0.39, 0.29) is 11.7 Å². The highest BCUT2D eigenvalue weighted by molar-refractivity contribution is 8.00. The lowest BCUT2D eigenvalue weighted by atomic mass is 10.0. The number of anilines is 1. The highest BCUT2D eigenvalue weighted by atomic mass is 32.2. The predicted octanol–water partition coefficient (Wildman–Crippen LogP) is 4.04. The van der Waals surface area contributed by atoms with Crippen molar-refractivity contribution in [2.24, 2.45) is 5.73 Å². The Labute approximate surface area is 152 Å². The van der Waals surface area contributed by atoms with Crippen LogP contribution >= 0.6 is 11.8 Å². The number of hydrogen-bond acceptors (Lipinski definition) is 3. The van der Waals surface area contributed by atoms with E-state index in [0.29, 0.717) is 11.6 Å². The molecule has 0 unspecified atom stereocenters. The third-order valence-electron chi connectivity index (χ3n) is 3.55.